The third-order valence-electron chi connectivity index (χ3n) is 2.79. The van der Waals surface area contributed by atoms with Gasteiger partial charge in [-0.15, -0.1) is 9.35 Å². The first-order chi connectivity index (χ1) is 9.76. The molecule has 0 aromatic heterocycles. The molecule has 1 aromatic carbocycles. The molecule has 0 spiro atoms. The first-order valence-corrected chi connectivity index (χ1v) is 7.81. The zero-order valence-corrected chi connectivity index (χ0v) is 12.3. The van der Waals surface area contributed by atoms with Gasteiger partial charge in [-0.25, -0.2) is 0 Å². The fourth-order valence-corrected chi connectivity index (χ4v) is 2.44. The summed E-state index contributed by atoms with van der Waals surface area (Å²) in [7, 11) is -4.01. The molecule has 6 nitrogen and oxygen atoms in total. The van der Waals surface area contributed by atoms with Gasteiger partial charge in [-0.2, -0.15) is 8.42 Å². The molecule has 0 unspecified atom stereocenters. The summed E-state index contributed by atoms with van der Waals surface area (Å²) in [5, 5.41) is 1.15. The number of imide groups is 1. The molecule has 0 fully saturated rings. The molecular formula is C14H13NO5S. The number of carbonyl (C=O) groups is 2. The highest BCUT2D eigenvalue weighted by molar-refractivity contribution is 7.85. The second-order valence-electron chi connectivity index (χ2n) is 4.44. The Bertz CT molecular complexity index is 867. The van der Waals surface area contributed by atoms with Gasteiger partial charge in [0.25, 0.3) is 21.9 Å². The summed E-state index contributed by atoms with van der Waals surface area (Å²) in [5.41, 5.74) is 0.320. The summed E-state index contributed by atoms with van der Waals surface area (Å²) in [6.45, 7) is 5.50. The van der Waals surface area contributed by atoms with E-state index in [2.05, 4.69) is 10.9 Å². The molecule has 2 rings (SSSR count). The van der Waals surface area contributed by atoms with Gasteiger partial charge in [0.1, 0.15) is 0 Å². The van der Waals surface area contributed by atoms with E-state index in [1.54, 1.807) is 25.1 Å². The SMILES string of the molecule is C=c1cccc2c1=C(/C=C\C)C(=O)N(OS(C)(=O)=O)C2=O. The Morgan fingerprint density at radius 1 is 1.24 bits per heavy atom. The molecule has 0 aliphatic carbocycles. The van der Waals surface area contributed by atoms with E-state index in [0.29, 0.717) is 10.4 Å². The van der Waals surface area contributed by atoms with Crippen molar-refractivity contribution in [2.24, 2.45) is 0 Å². The van der Waals surface area contributed by atoms with Gasteiger partial charge in [-0.3, -0.25) is 9.59 Å². The first kappa shape index (κ1) is 15.1. The second-order valence-corrected chi connectivity index (χ2v) is 5.99. The second kappa shape index (κ2) is 5.27. The van der Waals surface area contributed by atoms with Crippen molar-refractivity contribution in [3.63, 3.8) is 0 Å². The number of hydrogen-bond donors (Lipinski definition) is 0. The highest BCUT2D eigenvalue weighted by Gasteiger charge is 2.35. The van der Waals surface area contributed by atoms with Crippen LogP contribution in [0.2, 0.25) is 0 Å². The van der Waals surface area contributed by atoms with Crippen molar-refractivity contribution in [3.8, 4) is 0 Å². The minimum atomic E-state index is -4.01. The van der Waals surface area contributed by atoms with Crippen LogP contribution in [0.4, 0.5) is 0 Å². The maximum Gasteiger partial charge on any atom is 0.286 e. The molecule has 1 aliphatic rings. The molecule has 0 saturated carbocycles. The number of allylic oxidation sites excluding steroid dienone is 1. The minimum Gasteiger partial charge on any atom is -0.266 e. The minimum absolute atomic E-state index is 0.154. The molecule has 1 aliphatic heterocycles. The van der Waals surface area contributed by atoms with Crippen molar-refractivity contribution in [2.45, 2.75) is 6.92 Å². The van der Waals surface area contributed by atoms with Crippen LogP contribution in [0.15, 0.2) is 30.4 Å². The molecule has 110 valence electrons. The maximum atomic E-state index is 12.3. The number of hydrogen-bond acceptors (Lipinski definition) is 5. The topological polar surface area (TPSA) is 80.8 Å². The lowest BCUT2D eigenvalue weighted by Crippen LogP contribution is -2.49. The molecule has 7 heteroatoms. The molecule has 1 heterocycles. The van der Waals surface area contributed by atoms with Crippen LogP contribution in [-0.4, -0.2) is 31.6 Å². The Labute approximate surface area is 121 Å². The highest BCUT2D eigenvalue weighted by atomic mass is 32.2. The van der Waals surface area contributed by atoms with E-state index >= 15 is 0 Å². The summed E-state index contributed by atoms with van der Waals surface area (Å²) in [6, 6.07) is 4.75. The van der Waals surface area contributed by atoms with Gasteiger partial charge in [-0.05, 0) is 18.2 Å². The maximum absolute atomic E-state index is 12.3. The third-order valence-corrected chi connectivity index (χ3v) is 3.21. The molecule has 0 atom stereocenters. The molecule has 21 heavy (non-hydrogen) atoms. The highest BCUT2D eigenvalue weighted by Crippen LogP contribution is 2.15. The number of benzene rings is 1. The Hall–Kier alpha value is -2.25. The number of nitrogens with zero attached hydrogens (tertiary/aromatic N) is 1. The van der Waals surface area contributed by atoms with E-state index in [4.69, 9.17) is 0 Å². The van der Waals surface area contributed by atoms with Crippen molar-refractivity contribution in [3.05, 3.63) is 46.4 Å². The Balaban J connectivity index is 2.79. The lowest BCUT2D eigenvalue weighted by atomic mass is 9.99. The number of carbonyl (C=O) groups excluding carboxylic acids is 2. The van der Waals surface area contributed by atoms with Crippen LogP contribution in [-0.2, 0) is 19.2 Å². The number of amides is 2. The van der Waals surface area contributed by atoms with Crippen molar-refractivity contribution in [2.75, 3.05) is 6.26 Å². The van der Waals surface area contributed by atoms with Crippen LogP contribution in [0.5, 0.6) is 0 Å². The van der Waals surface area contributed by atoms with Crippen molar-refractivity contribution >= 4 is 34.1 Å². The van der Waals surface area contributed by atoms with Crippen LogP contribution in [0.3, 0.4) is 0 Å². The lowest BCUT2D eigenvalue weighted by Gasteiger charge is -2.23. The number of fused-ring (bicyclic) bond motifs is 1. The molecule has 2 amide bonds. The normalized spacial score (nSPS) is 15.7. The Morgan fingerprint density at radius 3 is 2.48 bits per heavy atom. The molecule has 1 aromatic rings. The first-order valence-electron chi connectivity index (χ1n) is 5.99. The van der Waals surface area contributed by atoms with Crippen LogP contribution >= 0.6 is 0 Å². The Morgan fingerprint density at radius 2 is 1.90 bits per heavy atom. The van der Waals surface area contributed by atoms with E-state index in [0.717, 1.165) is 6.26 Å². The van der Waals surface area contributed by atoms with Crippen LogP contribution in [0.1, 0.15) is 17.3 Å². The lowest BCUT2D eigenvalue weighted by molar-refractivity contribution is -0.141. The smallest absolute Gasteiger partial charge is 0.266 e. The van der Waals surface area contributed by atoms with Crippen molar-refractivity contribution in [1.29, 1.82) is 0 Å². The fraction of sp³-hybridized carbons (Fsp3) is 0.143. The van der Waals surface area contributed by atoms with Gasteiger partial charge in [0.2, 0.25) is 0 Å². The van der Waals surface area contributed by atoms with E-state index < -0.39 is 21.9 Å². The number of rotatable bonds is 3. The summed E-state index contributed by atoms with van der Waals surface area (Å²) in [5.74, 6) is -1.67. The zero-order chi connectivity index (χ0) is 15.8. The van der Waals surface area contributed by atoms with Crippen LogP contribution < -0.4 is 10.4 Å². The molecular weight excluding hydrogens is 294 g/mol. The summed E-state index contributed by atoms with van der Waals surface area (Å²) < 4.78 is 27.0. The molecule has 0 N–H and O–H groups in total. The molecule has 0 bridgehead atoms. The quantitative estimate of drug-likeness (QED) is 0.716. The summed E-state index contributed by atoms with van der Waals surface area (Å²) in [4.78, 5) is 24.6. The fourth-order valence-electron chi connectivity index (χ4n) is 2.04. The molecule has 0 saturated heterocycles. The van der Waals surface area contributed by atoms with Gasteiger partial charge in [0.15, 0.2) is 0 Å². The summed E-state index contributed by atoms with van der Waals surface area (Å²) in [6.07, 6.45) is 3.86. The van der Waals surface area contributed by atoms with Crippen LogP contribution in [0, 0.1) is 0 Å². The Kier molecular flexibility index (Phi) is 3.80. The van der Waals surface area contributed by atoms with Gasteiger partial charge < -0.3 is 0 Å². The third kappa shape index (κ3) is 2.79. The van der Waals surface area contributed by atoms with Crippen molar-refractivity contribution < 1.29 is 22.3 Å². The van der Waals surface area contributed by atoms with Gasteiger partial charge >= 0.3 is 0 Å². The zero-order valence-electron chi connectivity index (χ0n) is 11.5. The van der Waals surface area contributed by atoms with Crippen LogP contribution in [0.25, 0.3) is 12.2 Å². The standard InChI is InChI=1S/C14H13NO5S/c1-4-6-10-12-9(2)7-5-8-11(12)14(17)15(13(10)16)20-21(3,18)19/h4-8H,2H2,1,3H3/b6-4-. The van der Waals surface area contributed by atoms with E-state index in [9.17, 15) is 18.0 Å². The van der Waals surface area contributed by atoms with E-state index in [1.165, 1.54) is 12.1 Å². The van der Waals surface area contributed by atoms with Gasteiger partial charge in [0, 0.05) is 5.22 Å². The predicted molar refractivity (Wildman–Crippen MR) is 76.5 cm³/mol. The van der Waals surface area contributed by atoms with Gasteiger partial charge in [-0.1, -0.05) is 30.9 Å². The largest absolute Gasteiger partial charge is 0.286 e. The predicted octanol–water partition coefficient (Wildman–Crippen LogP) is -0.303. The van der Waals surface area contributed by atoms with Crippen molar-refractivity contribution in [1.82, 2.24) is 5.06 Å². The summed E-state index contributed by atoms with van der Waals surface area (Å²) >= 11 is 0. The average Bonchev–Trinajstić information content (AvgIpc) is 2.39. The average molecular weight is 307 g/mol. The monoisotopic (exact) mass is 307 g/mol. The van der Waals surface area contributed by atoms with E-state index in [-0.39, 0.29) is 16.2 Å². The van der Waals surface area contributed by atoms with Gasteiger partial charge in [0.05, 0.1) is 17.4 Å². The molecule has 0 radical (unpaired) electrons. The number of hydroxylamine groups is 2. The van der Waals surface area contributed by atoms with E-state index in [1.807, 2.05) is 0 Å².